The molecule has 25 heavy (non-hydrogen) atoms. The van der Waals surface area contributed by atoms with Gasteiger partial charge < -0.3 is 14.4 Å². The number of hydrogen-bond acceptors (Lipinski definition) is 6. The number of ether oxygens (including phenoxy) is 2. The Morgan fingerprint density at radius 1 is 1.20 bits per heavy atom. The van der Waals surface area contributed by atoms with Gasteiger partial charge in [-0.2, -0.15) is 5.26 Å². The first-order valence-corrected chi connectivity index (χ1v) is 7.97. The number of hydrogen-bond donors (Lipinski definition) is 0. The number of allylic oxidation sites excluding steroid dienone is 2. The predicted octanol–water partition coefficient (Wildman–Crippen LogP) is 2.79. The molecule has 0 fully saturated rings. The average Bonchev–Trinajstić information content (AvgIpc) is 2.85. The standard InChI is InChI=1S/C17H12FIN2O4/c1-24-16(22)10-5-3-4-8-21(15(10)17(23)25-2)13-7-6-12(19)14(18)11(13)9-20/h3-8H,1-2H3. The van der Waals surface area contributed by atoms with E-state index in [1.807, 2.05) is 0 Å². The number of anilines is 1. The third-order valence-corrected chi connectivity index (χ3v) is 4.17. The lowest BCUT2D eigenvalue weighted by Crippen LogP contribution is -2.27. The molecule has 1 heterocycles. The van der Waals surface area contributed by atoms with Crippen LogP contribution in [0, 0.1) is 20.7 Å². The van der Waals surface area contributed by atoms with E-state index in [1.165, 1.54) is 48.6 Å². The summed E-state index contributed by atoms with van der Waals surface area (Å²) in [5, 5.41) is 9.34. The van der Waals surface area contributed by atoms with Crippen molar-refractivity contribution in [3.05, 3.63) is 62.8 Å². The summed E-state index contributed by atoms with van der Waals surface area (Å²) >= 11 is 1.76. The Morgan fingerprint density at radius 2 is 1.88 bits per heavy atom. The molecule has 0 atom stereocenters. The molecule has 0 bridgehead atoms. The van der Waals surface area contributed by atoms with E-state index in [9.17, 15) is 19.2 Å². The Hall–Kier alpha value is -2.67. The molecule has 0 saturated carbocycles. The van der Waals surface area contributed by atoms with Crippen LogP contribution in [0.4, 0.5) is 10.1 Å². The van der Waals surface area contributed by atoms with E-state index in [-0.39, 0.29) is 26.1 Å². The van der Waals surface area contributed by atoms with E-state index in [0.29, 0.717) is 0 Å². The van der Waals surface area contributed by atoms with Gasteiger partial charge in [-0.3, -0.25) is 0 Å². The molecule has 0 aliphatic carbocycles. The van der Waals surface area contributed by atoms with Crippen LogP contribution in [-0.4, -0.2) is 26.2 Å². The number of carbonyl (C=O) groups excluding carboxylic acids is 2. The molecule has 0 unspecified atom stereocenters. The molecular formula is C17H12FIN2O4. The molecule has 0 radical (unpaired) electrons. The molecule has 0 aromatic heterocycles. The summed E-state index contributed by atoms with van der Waals surface area (Å²) in [6, 6.07) is 4.74. The summed E-state index contributed by atoms with van der Waals surface area (Å²) in [7, 11) is 2.33. The molecule has 8 heteroatoms. The van der Waals surface area contributed by atoms with E-state index in [0.717, 1.165) is 7.11 Å². The monoisotopic (exact) mass is 454 g/mol. The maximum absolute atomic E-state index is 14.3. The molecular weight excluding hydrogens is 442 g/mol. The van der Waals surface area contributed by atoms with Crippen LogP contribution in [0.1, 0.15) is 5.56 Å². The fourth-order valence-electron chi connectivity index (χ4n) is 2.20. The van der Waals surface area contributed by atoms with Gasteiger partial charge in [-0.15, -0.1) is 0 Å². The van der Waals surface area contributed by atoms with E-state index in [2.05, 4.69) is 0 Å². The number of methoxy groups -OCH3 is 2. The topological polar surface area (TPSA) is 79.6 Å². The molecule has 128 valence electrons. The number of carbonyl (C=O) groups is 2. The first kappa shape index (κ1) is 18.7. The van der Waals surface area contributed by atoms with Crippen molar-refractivity contribution >= 4 is 40.2 Å². The summed E-state index contributed by atoms with van der Waals surface area (Å²) in [5.41, 5.74) is -0.426. The van der Waals surface area contributed by atoms with Crippen LogP contribution in [0.2, 0.25) is 0 Å². The van der Waals surface area contributed by atoms with Crippen molar-refractivity contribution in [2.75, 3.05) is 19.1 Å². The van der Waals surface area contributed by atoms with Gasteiger partial charge in [0.15, 0.2) is 5.82 Å². The molecule has 6 nitrogen and oxygen atoms in total. The van der Waals surface area contributed by atoms with Crippen LogP contribution < -0.4 is 4.90 Å². The number of esters is 2. The molecule has 0 amide bonds. The minimum atomic E-state index is -0.834. The lowest BCUT2D eigenvalue weighted by Gasteiger charge is -2.24. The van der Waals surface area contributed by atoms with Crippen molar-refractivity contribution in [1.29, 1.82) is 5.26 Å². The zero-order valence-corrected chi connectivity index (χ0v) is 15.4. The van der Waals surface area contributed by atoms with Gasteiger partial charge in [0, 0.05) is 6.20 Å². The van der Waals surface area contributed by atoms with Crippen molar-refractivity contribution in [2.24, 2.45) is 0 Å². The van der Waals surface area contributed by atoms with E-state index in [1.54, 1.807) is 28.7 Å². The number of rotatable bonds is 3. The largest absolute Gasteiger partial charge is 0.465 e. The summed E-state index contributed by atoms with van der Waals surface area (Å²) in [5.74, 6) is -2.32. The smallest absolute Gasteiger partial charge is 0.355 e. The van der Waals surface area contributed by atoms with Gasteiger partial charge in [0.1, 0.15) is 17.3 Å². The molecule has 0 saturated heterocycles. The lowest BCUT2D eigenvalue weighted by atomic mass is 10.1. The average molecular weight is 454 g/mol. The van der Waals surface area contributed by atoms with Gasteiger partial charge in [-0.1, -0.05) is 6.08 Å². The Bertz CT molecular complexity index is 868. The molecule has 1 aromatic rings. The second-order valence-corrected chi connectivity index (χ2v) is 5.85. The Kier molecular flexibility index (Phi) is 5.93. The molecule has 0 spiro atoms. The van der Waals surface area contributed by atoms with Crippen molar-refractivity contribution in [3.8, 4) is 6.07 Å². The molecule has 2 rings (SSSR count). The van der Waals surface area contributed by atoms with Crippen molar-refractivity contribution in [2.45, 2.75) is 0 Å². The third kappa shape index (κ3) is 3.56. The Morgan fingerprint density at radius 3 is 2.48 bits per heavy atom. The second-order valence-electron chi connectivity index (χ2n) is 4.68. The van der Waals surface area contributed by atoms with Gasteiger partial charge in [0.25, 0.3) is 0 Å². The van der Waals surface area contributed by atoms with Gasteiger partial charge in [0.2, 0.25) is 0 Å². The second kappa shape index (κ2) is 7.94. The fraction of sp³-hybridized carbons (Fsp3) is 0.118. The van der Waals surface area contributed by atoms with Crippen LogP contribution in [0.3, 0.4) is 0 Å². The maximum Gasteiger partial charge on any atom is 0.355 e. The number of halogens is 2. The maximum atomic E-state index is 14.3. The van der Waals surface area contributed by atoms with E-state index < -0.39 is 17.8 Å². The van der Waals surface area contributed by atoms with Gasteiger partial charge >= 0.3 is 11.9 Å². The zero-order chi connectivity index (χ0) is 18.6. The van der Waals surface area contributed by atoms with Gasteiger partial charge in [0.05, 0.1) is 29.1 Å². The first-order chi connectivity index (χ1) is 12.0. The van der Waals surface area contributed by atoms with Gasteiger partial charge in [-0.05, 0) is 46.9 Å². The SMILES string of the molecule is COC(=O)C1=C(C(=O)OC)N(c2ccc(I)c(F)c2C#N)C=CC=C1. The van der Waals surface area contributed by atoms with Gasteiger partial charge in [-0.25, -0.2) is 14.0 Å². The Labute approximate surface area is 157 Å². The Balaban J connectivity index is 2.79. The first-order valence-electron chi connectivity index (χ1n) is 6.89. The number of nitrogens with zero attached hydrogens (tertiary/aromatic N) is 2. The van der Waals surface area contributed by atoms with Crippen molar-refractivity contribution in [1.82, 2.24) is 0 Å². The molecule has 1 aromatic carbocycles. The number of nitriles is 1. The summed E-state index contributed by atoms with van der Waals surface area (Å²) in [6.45, 7) is 0. The zero-order valence-electron chi connectivity index (χ0n) is 13.2. The molecule has 0 N–H and O–H groups in total. The third-order valence-electron chi connectivity index (χ3n) is 3.33. The summed E-state index contributed by atoms with van der Waals surface area (Å²) < 4.78 is 24.0. The fourth-order valence-corrected chi connectivity index (χ4v) is 2.65. The minimum Gasteiger partial charge on any atom is -0.465 e. The van der Waals surface area contributed by atoms with E-state index >= 15 is 0 Å². The number of benzene rings is 1. The summed E-state index contributed by atoms with van der Waals surface area (Å²) in [4.78, 5) is 25.6. The quantitative estimate of drug-likeness (QED) is 0.517. The predicted molar refractivity (Wildman–Crippen MR) is 95.6 cm³/mol. The van der Waals surface area contributed by atoms with E-state index in [4.69, 9.17) is 9.47 Å². The highest BCUT2D eigenvalue weighted by atomic mass is 127. The van der Waals surface area contributed by atoms with Crippen LogP contribution in [0.15, 0.2) is 47.8 Å². The molecule has 1 aliphatic rings. The van der Waals surface area contributed by atoms with Crippen LogP contribution in [-0.2, 0) is 19.1 Å². The highest BCUT2D eigenvalue weighted by molar-refractivity contribution is 14.1. The normalized spacial score (nSPS) is 13.3. The van der Waals surface area contributed by atoms with Crippen LogP contribution in [0.25, 0.3) is 0 Å². The summed E-state index contributed by atoms with van der Waals surface area (Å²) in [6.07, 6.45) is 5.87. The minimum absolute atomic E-state index is 0.0813. The van der Waals surface area contributed by atoms with Crippen LogP contribution >= 0.6 is 22.6 Å². The highest BCUT2D eigenvalue weighted by Crippen LogP contribution is 2.31. The van der Waals surface area contributed by atoms with Crippen LogP contribution in [0.5, 0.6) is 0 Å². The molecule has 1 aliphatic heterocycles. The van der Waals surface area contributed by atoms with Crippen molar-refractivity contribution < 1.29 is 23.5 Å². The van der Waals surface area contributed by atoms with Crippen molar-refractivity contribution in [3.63, 3.8) is 0 Å². The lowest BCUT2D eigenvalue weighted by molar-refractivity contribution is -0.139. The highest BCUT2D eigenvalue weighted by Gasteiger charge is 2.29.